The summed E-state index contributed by atoms with van der Waals surface area (Å²) in [4.78, 5) is 18.2. The Hall–Kier alpha value is -2.63. The molecule has 1 aliphatic heterocycles. The maximum absolute atomic E-state index is 12.3. The second-order valence-corrected chi connectivity index (χ2v) is 8.25. The van der Waals surface area contributed by atoms with Crippen molar-refractivity contribution in [1.82, 2.24) is 15.2 Å². The van der Waals surface area contributed by atoms with E-state index >= 15 is 0 Å². The number of nitrogens with one attached hydrogen (secondary N) is 2. The van der Waals surface area contributed by atoms with Gasteiger partial charge in [0.05, 0.1) is 6.61 Å². The number of carbonyl (C=O) groups is 1. The first-order valence-corrected chi connectivity index (χ1v) is 10.4. The lowest BCUT2D eigenvalue weighted by Crippen LogP contribution is -2.31. The number of aliphatic hydroxyl groups excluding tert-OH is 1. The van der Waals surface area contributed by atoms with Crippen molar-refractivity contribution in [2.24, 2.45) is 0 Å². The quantitative estimate of drug-likeness (QED) is 0.596. The summed E-state index contributed by atoms with van der Waals surface area (Å²) in [6.07, 6.45) is 2.22. The number of benzene rings is 2. The van der Waals surface area contributed by atoms with Crippen LogP contribution >= 0.6 is 0 Å². The van der Waals surface area contributed by atoms with Gasteiger partial charge in [0.2, 0.25) is 0 Å². The molecular weight excluding hydrogens is 362 g/mol. The lowest BCUT2D eigenvalue weighted by atomic mass is 10.0. The van der Waals surface area contributed by atoms with Crippen molar-refractivity contribution in [1.29, 1.82) is 0 Å². The third-order valence-electron chi connectivity index (χ3n) is 5.64. The Labute approximate surface area is 171 Å². The minimum atomic E-state index is -0.0455. The highest BCUT2D eigenvalue weighted by molar-refractivity contribution is 5.96. The summed E-state index contributed by atoms with van der Waals surface area (Å²) < 4.78 is 0. The summed E-state index contributed by atoms with van der Waals surface area (Å²) in [7, 11) is 0. The van der Waals surface area contributed by atoms with Crippen molar-refractivity contribution >= 4 is 16.8 Å². The number of amides is 1. The topological polar surface area (TPSA) is 68.4 Å². The van der Waals surface area contributed by atoms with Gasteiger partial charge in [0.15, 0.2) is 0 Å². The van der Waals surface area contributed by atoms with Crippen LogP contribution in [0.3, 0.4) is 0 Å². The van der Waals surface area contributed by atoms with E-state index in [1.54, 1.807) is 0 Å². The van der Waals surface area contributed by atoms with E-state index in [-0.39, 0.29) is 24.6 Å². The average Bonchev–Trinajstić information content (AvgIpc) is 3.33. The molecule has 1 aliphatic rings. The number of likely N-dealkylation sites (tertiary alicyclic amines) is 1. The zero-order valence-corrected chi connectivity index (χ0v) is 17.1. The predicted molar refractivity (Wildman–Crippen MR) is 117 cm³/mol. The van der Waals surface area contributed by atoms with Crippen molar-refractivity contribution in [3.05, 3.63) is 59.8 Å². The summed E-state index contributed by atoms with van der Waals surface area (Å²) >= 11 is 0. The fourth-order valence-corrected chi connectivity index (χ4v) is 4.17. The number of nitrogens with zero attached hydrogens (tertiary/aromatic N) is 1. The molecule has 0 bridgehead atoms. The highest BCUT2D eigenvalue weighted by Crippen LogP contribution is 2.27. The number of aliphatic hydroxyl groups is 1. The Morgan fingerprint density at radius 3 is 2.83 bits per heavy atom. The third-order valence-corrected chi connectivity index (χ3v) is 5.64. The minimum Gasteiger partial charge on any atom is -0.395 e. The molecule has 5 nitrogen and oxygen atoms in total. The van der Waals surface area contributed by atoms with Crippen LogP contribution in [0.2, 0.25) is 0 Å². The summed E-state index contributed by atoms with van der Waals surface area (Å²) in [5, 5.41) is 13.7. The zero-order chi connectivity index (χ0) is 20.4. The van der Waals surface area contributed by atoms with Crippen LogP contribution < -0.4 is 5.32 Å². The molecule has 29 heavy (non-hydrogen) atoms. The lowest BCUT2D eigenvalue weighted by molar-refractivity contribution is 0.0943. The maximum atomic E-state index is 12.3. The second-order valence-electron chi connectivity index (χ2n) is 8.25. The largest absolute Gasteiger partial charge is 0.395 e. The molecule has 0 spiro atoms. The zero-order valence-electron chi connectivity index (χ0n) is 17.1. The second kappa shape index (κ2) is 8.39. The maximum Gasteiger partial charge on any atom is 0.251 e. The van der Waals surface area contributed by atoms with E-state index in [2.05, 4.69) is 39.5 Å². The molecule has 0 aliphatic carbocycles. The monoisotopic (exact) mass is 391 g/mol. The van der Waals surface area contributed by atoms with Crippen LogP contribution in [0.4, 0.5) is 0 Å². The number of aromatic nitrogens is 1. The van der Waals surface area contributed by atoms with E-state index in [1.165, 1.54) is 5.69 Å². The molecular formula is C24H29N3O2. The highest BCUT2D eigenvalue weighted by Gasteiger charge is 2.24. The van der Waals surface area contributed by atoms with Crippen molar-refractivity contribution in [3.63, 3.8) is 0 Å². The molecule has 3 aromatic rings. The molecule has 2 heterocycles. The molecule has 1 fully saturated rings. The number of fused-ring (bicyclic) bond motifs is 1. The van der Waals surface area contributed by atoms with Crippen LogP contribution in [0.15, 0.2) is 48.5 Å². The molecule has 2 aromatic carbocycles. The van der Waals surface area contributed by atoms with Crippen LogP contribution in [0, 0.1) is 0 Å². The van der Waals surface area contributed by atoms with Gasteiger partial charge in [-0.2, -0.15) is 0 Å². The van der Waals surface area contributed by atoms with Gasteiger partial charge >= 0.3 is 0 Å². The molecule has 0 unspecified atom stereocenters. The van der Waals surface area contributed by atoms with Crippen molar-refractivity contribution in [3.8, 4) is 11.1 Å². The molecule has 152 valence electrons. The molecule has 1 saturated heterocycles. The number of hydrogen-bond donors (Lipinski definition) is 3. The molecule has 3 N–H and O–H groups in total. The van der Waals surface area contributed by atoms with Crippen LogP contribution in [0.5, 0.6) is 0 Å². The van der Waals surface area contributed by atoms with Gasteiger partial charge in [0, 0.05) is 40.8 Å². The lowest BCUT2D eigenvalue weighted by Gasteiger charge is -2.21. The summed E-state index contributed by atoms with van der Waals surface area (Å²) in [5.41, 5.74) is 5.08. The fourth-order valence-electron chi connectivity index (χ4n) is 4.17. The Bertz CT molecular complexity index is 1010. The number of hydrogen-bond acceptors (Lipinski definition) is 3. The predicted octanol–water partition coefficient (Wildman–Crippen LogP) is 3.93. The van der Waals surface area contributed by atoms with Crippen LogP contribution in [0.1, 0.15) is 42.7 Å². The van der Waals surface area contributed by atoms with E-state index in [0.29, 0.717) is 5.56 Å². The number of aromatic amines is 1. The normalized spacial score (nSPS) is 17.3. The van der Waals surface area contributed by atoms with E-state index in [9.17, 15) is 9.90 Å². The van der Waals surface area contributed by atoms with Crippen LogP contribution in [-0.4, -0.2) is 46.1 Å². The van der Waals surface area contributed by atoms with Gasteiger partial charge in [0.1, 0.15) is 0 Å². The Kier molecular flexibility index (Phi) is 5.69. The first-order valence-electron chi connectivity index (χ1n) is 10.4. The summed E-state index contributed by atoms with van der Waals surface area (Å²) in [6, 6.07) is 16.7. The fraction of sp³-hybridized carbons (Fsp3) is 0.375. The van der Waals surface area contributed by atoms with Gasteiger partial charge in [0.25, 0.3) is 5.91 Å². The van der Waals surface area contributed by atoms with Gasteiger partial charge in [-0.25, -0.2) is 0 Å². The minimum absolute atomic E-state index is 0.0455. The van der Waals surface area contributed by atoms with Crippen LogP contribution in [0.25, 0.3) is 22.0 Å². The molecule has 1 aromatic heterocycles. The van der Waals surface area contributed by atoms with Crippen molar-refractivity contribution in [2.45, 2.75) is 45.3 Å². The van der Waals surface area contributed by atoms with Crippen molar-refractivity contribution in [2.75, 3.05) is 13.2 Å². The van der Waals surface area contributed by atoms with Crippen LogP contribution in [-0.2, 0) is 6.54 Å². The number of rotatable bonds is 6. The van der Waals surface area contributed by atoms with E-state index < -0.39 is 0 Å². The SMILES string of the molecule is CC(C)NC(=O)c1cccc(-c2ccc3[nH]c(CN4CCC[C@@H]4CO)cc3c2)c1. The first-order chi connectivity index (χ1) is 14.0. The Morgan fingerprint density at radius 1 is 1.21 bits per heavy atom. The van der Waals surface area contributed by atoms with Gasteiger partial charge in [-0.1, -0.05) is 18.2 Å². The van der Waals surface area contributed by atoms with E-state index in [4.69, 9.17) is 0 Å². The Balaban J connectivity index is 1.57. The van der Waals surface area contributed by atoms with Gasteiger partial charge in [-0.3, -0.25) is 9.69 Å². The van der Waals surface area contributed by atoms with E-state index in [0.717, 1.165) is 48.0 Å². The van der Waals surface area contributed by atoms with E-state index in [1.807, 2.05) is 38.1 Å². The molecule has 5 heteroatoms. The number of carbonyl (C=O) groups excluding carboxylic acids is 1. The van der Waals surface area contributed by atoms with Gasteiger partial charge in [-0.15, -0.1) is 0 Å². The Morgan fingerprint density at radius 2 is 2.03 bits per heavy atom. The molecule has 0 saturated carbocycles. The number of H-pyrrole nitrogens is 1. The average molecular weight is 392 g/mol. The third kappa shape index (κ3) is 4.36. The van der Waals surface area contributed by atoms with Gasteiger partial charge < -0.3 is 15.4 Å². The molecule has 0 radical (unpaired) electrons. The first kappa shape index (κ1) is 19.7. The molecule has 1 atom stereocenters. The smallest absolute Gasteiger partial charge is 0.251 e. The molecule has 1 amide bonds. The summed E-state index contributed by atoms with van der Waals surface area (Å²) in [6.45, 7) is 6.02. The van der Waals surface area contributed by atoms with Gasteiger partial charge in [-0.05, 0) is 74.7 Å². The summed E-state index contributed by atoms with van der Waals surface area (Å²) in [5.74, 6) is -0.0455. The standard InChI is InChI=1S/C24H29N3O2/c1-16(2)25-24(29)19-6-3-5-17(11-19)18-8-9-23-20(12-18)13-21(26-23)14-27-10-4-7-22(27)15-28/h3,5-6,8-9,11-13,16,22,26,28H,4,7,10,14-15H2,1-2H3,(H,25,29)/t22-/m1/s1. The molecule has 4 rings (SSSR count). The highest BCUT2D eigenvalue weighted by atomic mass is 16.3. The van der Waals surface area contributed by atoms with Crippen molar-refractivity contribution < 1.29 is 9.90 Å².